The van der Waals surface area contributed by atoms with Gasteiger partial charge in [0.25, 0.3) is 0 Å². The third-order valence-corrected chi connectivity index (χ3v) is 8.11. The smallest absolute Gasteiger partial charge is 0.430 e. The van der Waals surface area contributed by atoms with Crippen LogP contribution in [-0.2, 0) is 0 Å². The number of halogens is 3. The minimum atomic E-state index is -0.802. The monoisotopic (exact) mass is 573 g/mol. The van der Waals surface area contributed by atoms with E-state index < -0.39 is 22.4 Å². The summed E-state index contributed by atoms with van der Waals surface area (Å²) in [6.45, 7) is 3.91. The molecule has 1 aromatic heterocycles. The second kappa shape index (κ2) is 11.1. The van der Waals surface area contributed by atoms with E-state index in [1.54, 1.807) is 31.2 Å². The highest BCUT2D eigenvalue weighted by molar-refractivity contribution is 6.36. The Kier molecular flexibility index (Phi) is 7.73. The molecule has 3 atom stereocenters. The Morgan fingerprint density at radius 2 is 1.95 bits per heavy atom. The molecule has 2 aliphatic rings. The SMILES string of the molecule is C[C@@H](Oc1cc(NC(=O)[N+]2(C(=O)c3ccccc3)CCN3CCCC3C2)nnc1N)c1c(Cl)ccc(F)c1Cl. The first-order chi connectivity index (χ1) is 18.7. The Morgan fingerprint density at radius 3 is 2.72 bits per heavy atom. The van der Waals surface area contributed by atoms with Crippen molar-refractivity contribution in [2.75, 3.05) is 37.2 Å². The zero-order valence-corrected chi connectivity index (χ0v) is 22.8. The second-order valence-electron chi connectivity index (χ2n) is 9.80. The van der Waals surface area contributed by atoms with Crippen molar-refractivity contribution in [2.45, 2.75) is 31.9 Å². The van der Waals surface area contributed by atoms with Gasteiger partial charge in [-0.3, -0.25) is 10.2 Å². The van der Waals surface area contributed by atoms with Gasteiger partial charge in [-0.25, -0.2) is 14.0 Å². The highest BCUT2D eigenvalue weighted by Crippen LogP contribution is 2.36. The number of carbonyl (C=O) groups is 2. The molecular formula is C27H28Cl2FN6O3+. The number of fused-ring (bicyclic) bond motifs is 1. The number of rotatable bonds is 5. The number of carbonyl (C=O) groups excluding carboxylic acids is 2. The number of benzene rings is 2. The van der Waals surface area contributed by atoms with Gasteiger partial charge >= 0.3 is 11.9 Å². The van der Waals surface area contributed by atoms with Crippen molar-refractivity contribution in [1.82, 2.24) is 15.1 Å². The molecule has 12 heteroatoms. The Labute approximate surface area is 235 Å². The summed E-state index contributed by atoms with van der Waals surface area (Å²) in [6, 6.07) is 12.4. The van der Waals surface area contributed by atoms with Gasteiger partial charge in [-0.1, -0.05) is 41.4 Å². The third kappa shape index (κ3) is 5.29. The maximum atomic E-state index is 14.1. The molecule has 2 aliphatic heterocycles. The molecule has 2 unspecified atom stereocenters. The normalized spacial score (nSPS) is 21.7. The van der Waals surface area contributed by atoms with Crippen molar-refractivity contribution >= 4 is 46.8 Å². The Bertz CT molecular complexity index is 1410. The van der Waals surface area contributed by atoms with Gasteiger partial charge in [0.2, 0.25) is 0 Å². The summed E-state index contributed by atoms with van der Waals surface area (Å²) in [5, 5.41) is 10.7. The Balaban J connectivity index is 1.41. The number of nitrogens with zero attached hydrogens (tertiary/aromatic N) is 4. The van der Waals surface area contributed by atoms with E-state index in [1.807, 2.05) is 6.07 Å². The first kappa shape index (κ1) is 27.3. The van der Waals surface area contributed by atoms with E-state index in [0.29, 0.717) is 25.2 Å². The fourth-order valence-corrected chi connectivity index (χ4v) is 6.03. The van der Waals surface area contributed by atoms with Crippen LogP contribution in [0, 0.1) is 5.82 Å². The number of nitrogens with one attached hydrogen (secondary N) is 1. The van der Waals surface area contributed by atoms with E-state index in [1.165, 1.54) is 12.1 Å². The van der Waals surface area contributed by atoms with Crippen molar-refractivity contribution in [3.8, 4) is 5.75 Å². The second-order valence-corrected chi connectivity index (χ2v) is 10.6. The van der Waals surface area contributed by atoms with E-state index >= 15 is 0 Å². The molecule has 0 spiro atoms. The molecule has 3 aromatic rings. The number of hydrogen-bond donors (Lipinski definition) is 2. The highest BCUT2D eigenvalue weighted by Gasteiger charge is 2.52. The lowest BCUT2D eigenvalue weighted by Crippen LogP contribution is -2.68. The predicted octanol–water partition coefficient (Wildman–Crippen LogP) is 5.31. The van der Waals surface area contributed by atoms with Crippen molar-refractivity contribution < 1.29 is 23.2 Å². The van der Waals surface area contributed by atoms with Gasteiger partial charge in [-0.2, -0.15) is 4.48 Å². The topological polar surface area (TPSA) is 110 Å². The quantitative estimate of drug-likeness (QED) is 0.314. The summed E-state index contributed by atoms with van der Waals surface area (Å²) in [6.07, 6.45) is 1.16. The minimum absolute atomic E-state index is 0.0488. The minimum Gasteiger partial charge on any atom is -0.482 e. The summed E-state index contributed by atoms with van der Waals surface area (Å²) < 4.78 is 19.6. The van der Waals surface area contributed by atoms with Gasteiger partial charge in [0, 0.05) is 23.2 Å². The third-order valence-electron chi connectivity index (χ3n) is 7.40. The van der Waals surface area contributed by atoms with Gasteiger partial charge in [-0.15, -0.1) is 10.2 Å². The number of nitrogen functional groups attached to an aromatic ring is 1. The molecule has 5 rings (SSSR count). The van der Waals surface area contributed by atoms with Gasteiger partial charge in [-0.05, 0) is 50.6 Å². The van der Waals surface area contributed by atoms with Crippen molar-refractivity contribution in [2.24, 2.45) is 0 Å². The molecule has 9 nitrogen and oxygen atoms in total. The average Bonchev–Trinajstić information content (AvgIpc) is 3.40. The molecule has 0 saturated carbocycles. The lowest BCUT2D eigenvalue weighted by atomic mass is 10.1. The lowest BCUT2D eigenvalue weighted by molar-refractivity contribution is -0.774. The van der Waals surface area contributed by atoms with Crippen LogP contribution in [0.4, 0.5) is 20.8 Å². The van der Waals surface area contributed by atoms with Crippen LogP contribution in [0.3, 0.4) is 0 Å². The van der Waals surface area contributed by atoms with Gasteiger partial charge in [0.1, 0.15) is 25.0 Å². The first-order valence-corrected chi connectivity index (χ1v) is 13.4. The molecule has 39 heavy (non-hydrogen) atoms. The summed E-state index contributed by atoms with van der Waals surface area (Å²) in [4.78, 5) is 30.0. The van der Waals surface area contributed by atoms with Crippen LogP contribution in [0.15, 0.2) is 48.5 Å². The van der Waals surface area contributed by atoms with Crippen LogP contribution < -0.4 is 15.8 Å². The molecule has 3 amide bonds. The van der Waals surface area contributed by atoms with Crippen LogP contribution in [0.2, 0.25) is 10.0 Å². The molecule has 0 radical (unpaired) electrons. The van der Waals surface area contributed by atoms with E-state index in [9.17, 15) is 14.0 Å². The Hall–Kier alpha value is -3.31. The van der Waals surface area contributed by atoms with Crippen molar-refractivity contribution in [3.05, 3.63) is 75.5 Å². The van der Waals surface area contributed by atoms with Crippen LogP contribution in [0.1, 0.15) is 41.8 Å². The number of quaternary nitrogens is 1. The summed E-state index contributed by atoms with van der Waals surface area (Å²) in [7, 11) is 0. The Morgan fingerprint density at radius 1 is 1.18 bits per heavy atom. The number of piperazine rings is 1. The summed E-state index contributed by atoms with van der Waals surface area (Å²) >= 11 is 12.4. The van der Waals surface area contributed by atoms with E-state index in [2.05, 4.69) is 20.4 Å². The van der Waals surface area contributed by atoms with Crippen LogP contribution in [0.25, 0.3) is 0 Å². The number of nitrogens with two attached hydrogens (primary N) is 1. The largest absolute Gasteiger partial charge is 0.482 e. The average molecular weight is 574 g/mol. The number of urea groups is 1. The molecule has 3 N–H and O–H groups in total. The lowest BCUT2D eigenvalue weighted by Gasteiger charge is -2.42. The van der Waals surface area contributed by atoms with Gasteiger partial charge in [0.05, 0.1) is 16.6 Å². The maximum Gasteiger partial charge on any atom is 0.430 e. The molecular weight excluding hydrogens is 546 g/mol. The van der Waals surface area contributed by atoms with Gasteiger partial charge in [0.15, 0.2) is 17.4 Å². The molecule has 0 aliphatic carbocycles. The molecule has 204 valence electrons. The van der Waals surface area contributed by atoms with Crippen molar-refractivity contribution in [1.29, 1.82) is 0 Å². The fraction of sp³-hybridized carbons (Fsp3) is 0.333. The fourth-order valence-electron chi connectivity index (χ4n) is 5.36. The van der Waals surface area contributed by atoms with Crippen LogP contribution >= 0.6 is 23.2 Å². The van der Waals surface area contributed by atoms with E-state index in [0.717, 1.165) is 25.5 Å². The number of amides is 3. The van der Waals surface area contributed by atoms with Crippen LogP contribution in [0.5, 0.6) is 5.75 Å². The molecule has 2 fully saturated rings. The highest BCUT2D eigenvalue weighted by atomic mass is 35.5. The maximum absolute atomic E-state index is 14.1. The molecule has 0 bridgehead atoms. The van der Waals surface area contributed by atoms with Gasteiger partial charge < -0.3 is 10.5 Å². The number of hydrogen-bond acceptors (Lipinski definition) is 7. The zero-order valence-electron chi connectivity index (χ0n) is 21.2. The molecule has 2 saturated heterocycles. The summed E-state index contributed by atoms with van der Waals surface area (Å²) in [5.41, 5.74) is 6.69. The summed E-state index contributed by atoms with van der Waals surface area (Å²) in [5.74, 6) is -0.818. The van der Waals surface area contributed by atoms with E-state index in [-0.39, 0.29) is 44.9 Å². The van der Waals surface area contributed by atoms with E-state index in [4.69, 9.17) is 33.7 Å². The molecule has 3 heterocycles. The number of ether oxygens (including phenoxy) is 1. The number of imide groups is 1. The number of anilines is 2. The predicted molar refractivity (Wildman–Crippen MR) is 146 cm³/mol. The zero-order chi connectivity index (χ0) is 27.7. The first-order valence-electron chi connectivity index (χ1n) is 12.7. The molecule has 2 aromatic carbocycles. The number of aromatic nitrogens is 2. The standard InChI is InChI=1S/C27H27Cl2FN6O3/c1-16(23-19(28)9-10-20(30)24(23)29)39-21-14-22(33-34-25(21)31)32-27(38)36(26(37)17-6-3-2-4-7-17)13-12-35-11-5-8-18(35)15-36/h2-4,6-7,9-10,14,16,18H,5,8,11-13,15H2,1H3,(H2-,31,32,33,34,38)/p+1/t16-,18?,36?/m1/s1. The van der Waals surface area contributed by atoms with Crippen molar-refractivity contribution in [3.63, 3.8) is 0 Å². The van der Waals surface area contributed by atoms with Crippen LogP contribution in [-0.4, -0.2) is 63.7 Å².